The zero-order valence-corrected chi connectivity index (χ0v) is 15.5. The van der Waals surface area contributed by atoms with Gasteiger partial charge in [0.1, 0.15) is 5.60 Å². The molecule has 0 heterocycles. The Kier molecular flexibility index (Phi) is 2.67. The minimum atomic E-state index is -0.542. The molecule has 0 aliphatic heterocycles. The Bertz CT molecular complexity index is 696. The predicted molar refractivity (Wildman–Crippen MR) is 95.9 cm³/mol. The molecule has 7 fully saturated rings. The molecule has 7 saturated carbocycles. The maximum Gasteiger partial charge on any atom is 0.309 e. The van der Waals surface area contributed by atoms with Crippen molar-refractivity contribution < 1.29 is 14.6 Å². The number of carbonyl (C=O) groups is 1. The number of allylic oxidation sites excluding steroid dienone is 2. The monoisotopic (exact) mass is 354 g/mol. The standard InChI is InChI=1S/C23H30O3/c24-21(26-23-9-12-3-13(10-23)8-22(25,7-12)11-23)18-6-16-5-17(18)20-15-2-1-14(4-15)19(16)20/h1-2,12-20,25H,3-11H2. The lowest BCUT2D eigenvalue weighted by molar-refractivity contribution is -0.223. The van der Waals surface area contributed by atoms with Gasteiger partial charge in [-0.1, -0.05) is 12.2 Å². The minimum Gasteiger partial charge on any atom is -0.459 e. The third-order valence-electron chi connectivity index (χ3n) is 9.87. The van der Waals surface area contributed by atoms with E-state index >= 15 is 0 Å². The molecule has 3 nitrogen and oxygen atoms in total. The summed E-state index contributed by atoms with van der Waals surface area (Å²) in [4.78, 5) is 13.3. The van der Waals surface area contributed by atoms with Gasteiger partial charge in [-0.2, -0.15) is 0 Å². The summed E-state index contributed by atoms with van der Waals surface area (Å²) in [7, 11) is 0. The lowest BCUT2D eigenvalue weighted by Crippen LogP contribution is -2.60. The van der Waals surface area contributed by atoms with Crippen LogP contribution in [-0.2, 0) is 9.53 Å². The molecule has 26 heavy (non-hydrogen) atoms. The van der Waals surface area contributed by atoms with Crippen molar-refractivity contribution in [1.82, 2.24) is 0 Å². The van der Waals surface area contributed by atoms with Crippen molar-refractivity contribution in [1.29, 1.82) is 0 Å². The maximum atomic E-state index is 13.3. The lowest BCUT2D eigenvalue weighted by Gasteiger charge is -2.59. The molecule has 140 valence electrons. The van der Waals surface area contributed by atoms with Crippen LogP contribution in [-0.4, -0.2) is 22.3 Å². The highest BCUT2D eigenvalue weighted by molar-refractivity contribution is 5.74. The van der Waals surface area contributed by atoms with E-state index < -0.39 is 5.60 Å². The SMILES string of the molecule is O=C(OC12CC3CC(CC(O)(C3)C1)C2)C1CC2CC1C1C3C=CC(C3)C21. The minimum absolute atomic E-state index is 0.105. The quantitative estimate of drug-likeness (QED) is 0.467. The fraction of sp³-hybridized carbons (Fsp3) is 0.870. The number of ether oxygens (including phenoxy) is 1. The number of carbonyl (C=O) groups excluding carboxylic acids is 1. The molecule has 0 saturated heterocycles. The molecule has 0 spiro atoms. The molecule has 0 radical (unpaired) electrons. The Hall–Kier alpha value is -0.830. The number of fused-ring (bicyclic) bond motifs is 9. The average Bonchev–Trinajstić information content (AvgIpc) is 3.31. The van der Waals surface area contributed by atoms with Gasteiger partial charge >= 0.3 is 5.97 Å². The molecule has 0 amide bonds. The van der Waals surface area contributed by atoms with Crippen molar-refractivity contribution in [3.8, 4) is 0 Å². The summed E-state index contributed by atoms with van der Waals surface area (Å²) < 4.78 is 6.36. The number of hydrogen-bond acceptors (Lipinski definition) is 3. The molecule has 8 rings (SSSR count). The van der Waals surface area contributed by atoms with Gasteiger partial charge in [-0.25, -0.2) is 0 Å². The van der Waals surface area contributed by atoms with E-state index in [0.717, 1.165) is 61.7 Å². The summed E-state index contributed by atoms with van der Waals surface area (Å²) >= 11 is 0. The van der Waals surface area contributed by atoms with Crippen LogP contribution in [0.3, 0.4) is 0 Å². The van der Waals surface area contributed by atoms with Crippen LogP contribution in [0.15, 0.2) is 12.2 Å². The van der Waals surface area contributed by atoms with E-state index in [1.54, 1.807) is 0 Å². The van der Waals surface area contributed by atoms with E-state index in [1.165, 1.54) is 19.3 Å². The molecule has 8 aliphatic carbocycles. The summed E-state index contributed by atoms with van der Waals surface area (Å²) in [5.74, 6) is 5.96. The van der Waals surface area contributed by atoms with Crippen LogP contribution in [0.1, 0.15) is 57.8 Å². The summed E-state index contributed by atoms with van der Waals surface area (Å²) in [5.41, 5.74) is -0.870. The highest BCUT2D eigenvalue weighted by atomic mass is 16.6. The smallest absolute Gasteiger partial charge is 0.309 e. The van der Waals surface area contributed by atoms with Gasteiger partial charge in [0, 0.05) is 6.42 Å². The first-order valence-corrected chi connectivity index (χ1v) is 11.1. The van der Waals surface area contributed by atoms with Gasteiger partial charge in [0.05, 0.1) is 11.5 Å². The Morgan fingerprint density at radius 2 is 1.65 bits per heavy atom. The maximum absolute atomic E-state index is 13.3. The van der Waals surface area contributed by atoms with Gasteiger partial charge in [-0.3, -0.25) is 4.79 Å². The van der Waals surface area contributed by atoms with Crippen LogP contribution in [0.2, 0.25) is 0 Å². The fourth-order valence-electron chi connectivity index (χ4n) is 9.83. The highest BCUT2D eigenvalue weighted by Crippen LogP contribution is 2.67. The molecular formula is C23H30O3. The van der Waals surface area contributed by atoms with Crippen LogP contribution < -0.4 is 0 Å². The first-order chi connectivity index (χ1) is 12.5. The summed E-state index contributed by atoms with van der Waals surface area (Å²) in [6.07, 6.45) is 14.5. The van der Waals surface area contributed by atoms with Gasteiger partial charge in [-0.05, 0) is 98.7 Å². The zero-order chi connectivity index (χ0) is 17.3. The first-order valence-electron chi connectivity index (χ1n) is 11.1. The van der Waals surface area contributed by atoms with Gasteiger partial charge in [0.25, 0.3) is 0 Å². The van der Waals surface area contributed by atoms with Crippen LogP contribution in [0.25, 0.3) is 0 Å². The number of hydrogen-bond donors (Lipinski definition) is 1. The van der Waals surface area contributed by atoms with E-state index in [4.69, 9.17) is 4.74 Å². The molecule has 8 bridgehead atoms. The van der Waals surface area contributed by atoms with Gasteiger partial charge in [0.15, 0.2) is 0 Å². The Morgan fingerprint density at radius 3 is 2.38 bits per heavy atom. The van der Waals surface area contributed by atoms with Gasteiger partial charge in [-0.15, -0.1) is 0 Å². The van der Waals surface area contributed by atoms with Crippen molar-refractivity contribution in [2.45, 2.75) is 69.0 Å². The molecule has 8 aliphatic rings. The summed E-state index contributed by atoms with van der Waals surface area (Å²) in [5, 5.41) is 10.9. The van der Waals surface area contributed by atoms with E-state index in [9.17, 15) is 9.90 Å². The van der Waals surface area contributed by atoms with Gasteiger partial charge in [0.2, 0.25) is 0 Å². The second-order valence-electron chi connectivity index (χ2n) is 11.4. The van der Waals surface area contributed by atoms with Crippen molar-refractivity contribution in [3.05, 3.63) is 12.2 Å². The predicted octanol–water partition coefficient (Wildman–Crippen LogP) is 3.71. The Labute approximate surface area is 155 Å². The number of aliphatic hydroxyl groups is 1. The van der Waals surface area contributed by atoms with Crippen LogP contribution >= 0.6 is 0 Å². The highest BCUT2D eigenvalue weighted by Gasteiger charge is 2.64. The van der Waals surface area contributed by atoms with Crippen LogP contribution in [0.4, 0.5) is 0 Å². The molecule has 0 aromatic carbocycles. The number of esters is 1. The van der Waals surface area contributed by atoms with Crippen molar-refractivity contribution in [2.24, 2.45) is 53.3 Å². The fourth-order valence-corrected chi connectivity index (χ4v) is 9.83. The third-order valence-corrected chi connectivity index (χ3v) is 9.87. The Balaban J connectivity index is 1.13. The van der Waals surface area contributed by atoms with Crippen LogP contribution in [0, 0.1) is 53.3 Å². The first kappa shape index (κ1) is 15.1. The lowest BCUT2D eigenvalue weighted by atomic mass is 9.52. The van der Waals surface area contributed by atoms with Crippen molar-refractivity contribution >= 4 is 5.97 Å². The molecule has 9 unspecified atom stereocenters. The molecule has 1 N–H and O–H groups in total. The summed E-state index contributed by atoms with van der Waals surface area (Å²) in [6.45, 7) is 0. The average molecular weight is 354 g/mol. The van der Waals surface area contributed by atoms with Crippen molar-refractivity contribution in [3.63, 3.8) is 0 Å². The normalized spacial score (nSPS) is 62.9. The number of rotatable bonds is 2. The van der Waals surface area contributed by atoms with Gasteiger partial charge < -0.3 is 9.84 Å². The second kappa shape index (κ2) is 4.59. The van der Waals surface area contributed by atoms with Crippen LogP contribution in [0.5, 0.6) is 0 Å². The Morgan fingerprint density at radius 1 is 0.923 bits per heavy atom. The zero-order valence-electron chi connectivity index (χ0n) is 15.5. The van der Waals surface area contributed by atoms with E-state index in [-0.39, 0.29) is 17.5 Å². The molecular weight excluding hydrogens is 324 g/mol. The molecule has 0 aromatic heterocycles. The van der Waals surface area contributed by atoms with E-state index in [2.05, 4.69) is 12.2 Å². The van der Waals surface area contributed by atoms with E-state index in [1.807, 2.05) is 0 Å². The second-order valence-corrected chi connectivity index (χ2v) is 11.4. The topological polar surface area (TPSA) is 46.5 Å². The largest absolute Gasteiger partial charge is 0.459 e. The van der Waals surface area contributed by atoms with Crippen molar-refractivity contribution in [2.75, 3.05) is 0 Å². The third kappa shape index (κ3) is 1.82. The summed E-state index contributed by atoms with van der Waals surface area (Å²) in [6, 6.07) is 0. The van der Waals surface area contributed by atoms with E-state index in [0.29, 0.717) is 24.2 Å². The molecule has 3 heteroatoms. The molecule has 9 atom stereocenters. The molecule has 0 aromatic rings.